The van der Waals surface area contributed by atoms with Crippen molar-refractivity contribution in [2.75, 3.05) is 19.8 Å². The number of nitrogens with zero attached hydrogens (tertiary/aromatic N) is 4. The van der Waals surface area contributed by atoms with Crippen LogP contribution in [-0.4, -0.2) is 47.3 Å². The Morgan fingerprint density at radius 3 is 2.40 bits per heavy atom. The van der Waals surface area contributed by atoms with E-state index in [1.807, 2.05) is 48.8 Å². The Balaban J connectivity index is 2.22. The quantitative estimate of drug-likeness (QED) is 0.478. The smallest absolute Gasteiger partial charge is 0.242 e. The van der Waals surface area contributed by atoms with Gasteiger partial charge in [0.1, 0.15) is 0 Å². The molecule has 0 aliphatic rings. The first-order chi connectivity index (χ1) is 14.3. The summed E-state index contributed by atoms with van der Waals surface area (Å²) in [7, 11) is -0.537. The van der Waals surface area contributed by atoms with Crippen molar-refractivity contribution < 1.29 is 8.42 Å². The fraction of sp³-hybridized carbons (Fsp3) is 0.238. The SMILES string of the molecule is Cc1cccc(C)c1-n1c(SC/C=C/Cl)nnc1-c1cccc(S(=O)(=O)N(C)C)c1. The van der Waals surface area contributed by atoms with E-state index < -0.39 is 10.0 Å². The Bertz CT molecular complexity index is 1170. The van der Waals surface area contributed by atoms with Gasteiger partial charge in [-0.2, -0.15) is 0 Å². The lowest BCUT2D eigenvalue weighted by atomic mass is 10.1. The third-order valence-electron chi connectivity index (χ3n) is 4.57. The molecule has 2 aromatic carbocycles. The minimum atomic E-state index is -3.57. The Labute approximate surface area is 186 Å². The molecule has 0 aliphatic carbocycles. The van der Waals surface area contributed by atoms with E-state index in [2.05, 4.69) is 10.2 Å². The predicted molar refractivity (Wildman–Crippen MR) is 123 cm³/mol. The van der Waals surface area contributed by atoms with Crippen molar-refractivity contribution >= 4 is 33.4 Å². The highest BCUT2D eigenvalue weighted by molar-refractivity contribution is 7.99. The van der Waals surface area contributed by atoms with E-state index in [1.54, 1.807) is 18.2 Å². The van der Waals surface area contributed by atoms with E-state index in [1.165, 1.54) is 35.7 Å². The molecule has 3 rings (SSSR count). The van der Waals surface area contributed by atoms with Crippen LogP contribution in [0.3, 0.4) is 0 Å². The highest BCUT2D eigenvalue weighted by Gasteiger charge is 2.22. The van der Waals surface area contributed by atoms with Gasteiger partial charge in [0.25, 0.3) is 0 Å². The summed E-state index contributed by atoms with van der Waals surface area (Å²) < 4.78 is 28.4. The Morgan fingerprint density at radius 1 is 1.10 bits per heavy atom. The van der Waals surface area contributed by atoms with Gasteiger partial charge >= 0.3 is 0 Å². The molecule has 0 atom stereocenters. The summed E-state index contributed by atoms with van der Waals surface area (Å²) in [4.78, 5) is 0.209. The molecule has 9 heteroatoms. The van der Waals surface area contributed by atoms with Crippen molar-refractivity contribution in [3.05, 3.63) is 65.2 Å². The molecule has 0 aliphatic heterocycles. The largest absolute Gasteiger partial charge is 0.269 e. The molecule has 0 saturated heterocycles. The van der Waals surface area contributed by atoms with Gasteiger partial charge in [0.15, 0.2) is 11.0 Å². The molecule has 0 amide bonds. The molecule has 0 spiro atoms. The highest BCUT2D eigenvalue weighted by atomic mass is 35.5. The van der Waals surface area contributed by atoms with Crippen LogP contribution in [0.2, 0.25) is 0 Å². The first-order valence-electron chi connectivity index (χ1n) is 9.20. The molecule has 1 aromatic heterocycles. The molecule has 0 N–H and O–H groups in total. The lowest BCUT2D eigenvalue weighted by molar-refractivity contribution is 0.521. The summed E-state index contributed by atoms with van der Waals surface area (Å²) >= 11 is 7.17. The summed E-state index contributed by atoms with van der Waals surface area (Å²) in [5, 5.41) is 9.51. The van der Waals surface area contributed by atoms with Crippen LogP contribution >= 0.6 is 23.4 Å². The second kappa shape index (κ2) is 9.34. The highest BCUT2D eigenvalue weighted by Crippen LogP contribution is 2.32. The van der Waals surface area contributed by atoms with Crippen LogP contribution in [0, 0.1) is 13.8 Å². The zero-order chi connectivity index (χ0) is 21.9. The van der Waals surface area contributed by atoms with Crippen molar-refractivity contribution in [2.45, 2.75) is 23.9 Å². The van der Waals surface area contributed by atoms with Crippen LogP contribution in [-0.2, 0) is 10.0 Å². The summed E-state index contributed by atoms with van der Waals surface area (Å²) in [6.07, 6.45) is 1.83. The predicted octanol–water partition coefficient (Wildman–Crippen LogP) is 4.65. The van der Waals surface area contributed by atoms with Gasteiger partial charge in [-0.1, -0.05) is 59.8 Å². The minimum Gasteiger partial charge on any atom is -0.269 e. The Kier molecular flexibility index (Phi) is 7.02. The molecular formula is C21H23ClN4O2S2. The van der Waals surface area contributed by atoms with Crippen LogP contribution in [0.1, 0.15) is 11.1 Å². The average Bonchev–Trinajstić information content (AvgIpc) is 3.11. The molecule has 0 saturated carbocycles. The van der Waals surface area contributed by atoms with Gasteiger partial charge in [0.05, 0.1) is 10.6 Å². The van der Waals surface area contributed by atoms with Gasteiger partial charge in [-0.3, -0.25) is 4.57 Å². The van der Waals surface area contributed by atoms with Crippen LogP contribution in [0.25, 0.3) is 17.1 Å². The van der Waals surface area contributed by atoms with E-state index in [0.29, 0.717) is 22.3 Å². The second-order valence-electron chi connectivity index (χ2n) is 6.87. The first-order valence-corrected chi connectivity index (χ1v) is 12.1. The fourth-order valence-corrected chi connectivity index (χ4v) is 4.97. The maximum Gasteiger partial charge on any atom is 0.242 e. The monoisotopic (exact) mass is 462 g/mol. The van der Waals surface area contributed by atoms with Crippen LogP contribution < -0.4 is 0 Å². The van der Waals surface area contributed by atoms with Crippen molar-refractivity contribution in [2.24, 2.45) is 0 Å². The average molecular weight is 463 g/mol. The summed E-state index contributed by atoms with van der Waals surface area (Å²) in [5.41, 5.74) is 5.28. The van der Waals surface area contributed by atoms with E-state index >= 15 is 0 Å². The molecule has 30 heavy (non-hydrogen) atoms. The minimum absolute atomic E-state index is 0.209. The van der Waals surface area contributed by atoms with Gasteiger partial charge in [-0.15, -0.1) is 10.2 Å². The molecule has 1 heterocycles. The first kappa shape index (κ1) is 22.6. The number of benzene rings is 2. The Hall–Kier alpha value is -2.13. The number of rotatable bonds is 7. The number of aryl methyl sites for hydroxylation is 2. The van der Waals surface area contributed by atoms with Crippen molar-refractivity contribution in [3.63, 3.8) is 0 Å². The number of sulfonamides is 1. The Morgan fingerprint density at radius 2 is 1.77 bits per heavy atom. The number of para-hydroxylation sites is 1. The van der Waals surface area contributed by atoms with Gasteiger partial charge < -0.3 is 0 Å². The van der Waals surface area contributed by atoms with Gasteiger partial charge in [-0.25, -0.2) is 12.7 Å². The van der Waals surface area contributed by atoms with Crippen molar-refractivity contribution in [3.8, 4) is 17.1 Å². The maximum absolute atomic E-state index is 12.6. The number of thioether (sulfide) groups is 1. The molecule has 3 aromatic rings. The lowest BCUT2D eigenvalue weighted by Gasteiger charge is -2.16. The summed E-state index contributed by atoms with van der Waals surface area (Å²) in [6.45, 7) is 4.07. The van der Waals surface area contributed by atoms with Gasteiger partial charge in [0, 0.05) is 30.9 Å². The lowest BCUT2D eigenvalue weighted by Crippen LogP contribution is -2.22. The maximum atomic E-state index is 12.6. The van der Waals surface area contributed by atoms with Crippen LogP contribution in [0.5, 0.6) is 0 Å². The zero-order valence-electron chi connectivity index (χ0n) is 17.2. The topological polar surface area (TPSA) is 68.1 Å². The van der Waals surface area contributed by atoms with E-state index in [4.69, 9.17) is 11.6 Å². The molecule has 0 unspecified atom stereocenters. The second-order valence-corrected chi connectivity index (χ2v) is 10.3. The molecule has 0 radical (unpaired) electrons. The summed E-state index contributed by atoms with van der Waals surface area (Å²) in [5.74, 6) is 1.22. The van der Waals surface area contributed by atoms with Crippen molar-refractivity contribution in [1.29, 1.82) is 0 Å². The van der Waals surface area contributed by atoms with Crippen LogP contribution in [0.15, 0.2) is 64.1 Å². The fourth-order valence-electron chi connectivity index (χ4n) is 3.08. The molecule has 0 bridgehead atoms. The summed E-state index contributed by atoms with van der Waals surface area (Å²) in [6, 6.07) is 12.9. The number of hydrogen-bond acceptors (Lipinski definition) is 5. The van der Waals surface area contributed by atoms with Gasteiger partial charge in [-0.05, 0) is 37.1 Å². The van der Waals surface area contributed by atoms with Gasteiger partial charge in [0.2, 0.25) is 10.0 Å². The van der Waals surface area contributed by atoms with Crippen molar-refractivity contribution in [1.82, 2.24) is 19.1 Å². The van der Waals surface area contributed by atoms with E-state index in [9.17, 15) is 8.42 Å². The molecule has 158 valence electrons. The van der Waals surface area contributed by atoms with Crippen LogP contribution in [0.4, 0.5) is 0 Å². The number of halogens is 1. The van der Waals surface area contributed by atoms with E-state index in [0.717, 1.165) is 16.8 Å². The molecular weight excluding hydrogens is 440 g/mol. The third kappa shape index (κ3) is 4.46. The molecule has 0 fully saturated rings. The number of hydrogen-bond donors (Lipinski definition) is 0. The number of aromatic nitrogens is 3. The zero-order valence-corrected chi connectivity index (χ0v) is 19.6. The molecule has 6 nitrogen and oxygen atoms in total. The van der Waals surface area contributed by atoms with E-state index in [-0.39, 0.29) is 4.90 Å². The normalized spacial score (nSPS) is 12.2. The standard InChI is InChI=1S/C21H23ClN4O2S2/c1-15-8-5-9-16(2)19(15)26-20(23-24-21(26)29-13-7-12-22)17-10-6-11-18(14-17)30(27,28)25(3)4/h5-12,14H,13H2,1-4H3/b12-7+. The third-order valence-corrected chi connectivity index (χ3v) is 7.44.